The Labute approximate surface area is 125 Å². The number of aromatic amines is 1. The normalized spacial score (nSPS) is 21.3. The van der Waals surface area contributed by atoms with Crippen LogP contribution in [0, 0.1) is 5.92 Å². The van der Waals surface area contributed by atoms with E-state index in [1.807, 2.05) is 0 Å². The maximum absolute atomic E-state index is 5.37. The molecule has 1 aromatic carbocycles. The Bertz CT molecular complexity index is 726. The Morgan fingerprint density at radius 3 is 3.05 bits per heavy atom. The number of fused-ring (bicyclic) bond motifs is 4. The molecule has 2 aliphatic rings. The smallest absolute Gasteiger partial charge is 0.203 e. The quantitative estimate of drug-likeness (QED) is 0.841. The first-order valence-corrected chi connectivity index (χ1v) is 8.12. The summed E-state index contributed by atoms with van der Waals surface area (Å²) in [6.07, 6.45) is 5.07. The second kappa shape index (κ2) is 4.90. The molecule has 0 saturated heterocycles. The van der Waals surface area contributed by atoms with Gasteiger partial charge in [0.2, 0.25) is 5.71 Å². The minimum Gasteiger partial charge on any atom is -0.497 e. The second-order valence-corrected chi connectivity index (χ2v) is 6.26. The van der Waals surface area contributed by atoms with Crippen molar-refractivity contribution in [1.29, 1.82) is 0 Å². The highest BCUT2D eigenvalue weighted by atomic mass is 16.5. The summed E-state index contributed by atoms with van der Waals surface area (Å²) >= 11 is 0. The van der Waals surface area contributed by atoms with E-state index in [0.29, 0.717) is 5.92 Å². The van der Waals surface area contributed by atoms with Crippen LogP contribution in [0.1, 0.15) is 37.4 Å². The lowest BCUT2D eigenvalue weighted by Crippen LogP contribution is -2.38. The highest BCUT2D eigenvalue weighted by Crippen LogP contribution is 2.33. The minimum atomic E-state index is 0.716. The van der Waals surface area contributed by atoms with Crippen LogP contribution < -0.4 is 4.74 Å². The molecule has 3 heterocycles. The van der Waals surface area contributed by atoms with E-state index in [4.69, 9.17) is 4.74 Å². The highest BCUT2D eigenvalue weighted by molar-refractivity contribution is 6.04. The van der Waals surface area contributed by atoms with E-state index < -0.39 is 0 Å². The van der Waals surface area contributed by atoms with Crippen molar-refractivity contribution in [3.05, 3.63) is 29.5 Å². The Morgan fingerprint density at radius 2 is 2.24 bits per heavy atom. The summed E-state index contributed by atoms with van der Waals surface area (Å²) in [5, 5.41) is 1.37. The number of rotatable bonds is 2. The van der Waals surface area contributed by atoms with Crippen LogP contribution in [0.2, 0.25) is 0 Å². The van der Waals surface area contributed by atoms with Crippen molar-refractivity contribution in [2.45, 2.75) is 32.6 Å². The third-order valence-electron chi connectivity index (χ3n) is 5.20. The van der Waals surface area contributed by atoms with Gasteiger partial charge in [0.15, 0.2) is 0 Å². The predicted octanol–water partition coefficient (Wildman–Crippen LogP) is 3.35. The van der Waals surface area contributed by atoms with Gasteiger partial charge in [-0.3, -0.25) is 0 Å². The minimum absolute atomic E-state index is 0.716. The Balaban J connectivity index is 1.92. The van der Waals surface area contributed by atoms with Gasteiger partial charge in [-0.25, -0.2) is 4.58 Å². The van der Waals surface area contributed by atoms with E-state index in [-0.39, 0.29) is 0 Å². The number of ether oxygens (including phenoxy) is 1. The summed E-state index contributed by atoms with van der Waals surface area (Å²) in [5.74, 6) is 1.64. The van der Waals surface area contributed by atoms with Crippen molar-refractivity contribution in [3.63, 3.8) is 0 Å². The molecule has 0 spiro atoms. The maximum atomic E-state index is 5.37. The fourth-order valence-electron chi connectivity index (χ4n) is 4.12. The zero-order chi connectivity index (χ0) is 14.4. The van der Waals surface area contributed by atoms with E-state index in [0.717, 1.165) is 12.2 Å². The molecule has 3 nitrogen and oxygen atoms in total. The average molecular weight is 283 g/mol. The van der Waals surface area contributed by atoms with Crippen LogP contribution in [0.4, 0.5) is 0 Å². The standard InChI is InChI=1S/C18H22N2O/c1-3-12-5-4-9-20-10-8-15-14-7-6-13(21-2)11-16(14)19-17(15)18(12)20/h6-7,11-12H,3-5,8-10H2,1-2H3/p+1. The largest absolute Gasteiger partial charge is 0.497 e. The van der Waals surface area contributed by atoms with Crippen molar-refractivity contribution < 1.29 is 9.31 Å². The molecule has 0 saturated carbocycles. The van der Waals surface area contributed by atoms with E-state index in [9.17, 15) is 0 Å². The van der Waals surface area contributed by atoms with Crippen LogP contribution in [0.25, 0.3) is 10.9 Å². The van der Waals surface area contributed by atoms with Crippen LogP contribution in [-0.4, -0.2) is 35.5 Å². The first kappa shape index (κ1) is 12.9. The number of nitrogens with one attached hydrogen (secondary N) is 1. The molecule has 1 unspecified atom stereocenters. The Morgan fingerprint density at radius 1 is 1.33 bits per heavy atom. The lowest BCUT2D eigenvalue weighted by molar-refractivity contribution is -0.535. The first-order valence-electron chi connectivity index (χ1n) is 8.12. The van der Waals surface area contributed by atoms with Crippen LogP contribution in [0.15, 0.2) is 18.2 Å². The number of aromatic nitrogens is 1. The molecule has 2 aliphatic heterocycles. The summed E-state index contributed by atoms with van der Waals surface area (Å²) in [6, 6.07) is 6.41. The molecule has 21 heavy (non-hydrogen) atoms. The fraction of sp³-hybridized carbons (Fsp3) is 0.500. The van der Waals surface area contributed by atoms with E-state index in [1.54, 1.807) is 12.8 Å². The van der Waals surface area contributed by atoms with Crippen LogP contribution in [-0.2, 0) is 6.42 Å². The van der Waals surface area contributed by atoms with Gasteiger partial charge in [-0.2, -0.15) is 0 Å². The number of H-pyrrole nitrogens is 1. The van der Waals surface area contributed by atoms with Crippen molar-refractivity contribution in [2.75, 3.05) is 20.2 Å². The van der Waals surface area contributed by atoms with E-state index in [2.05, 4.69) is 34.7 Å². The molecule has 0 aliphatic carbocycles. The zero-order valence-corrected chi connectivity index (χ0v) is 12.9. The summed E-state index contributed by atoms with van der Waals surface area (Å²) in [4.78, 5) is 3.70. The van der Waals surface area contributed by atoms with Gasteiger partial charge in [0, 0.05) is 35.7 Å². The Hall–Kier alpha value is -1.77. The van der Waals surface area contributed by atoms with Crippen LogP contribution >= 0.6 is 0 Å². The SMILES string of the molecule is CCC1CCC[N+]2=C1c1[nH]c3cc(OC)ccc3c1CC2. The number of methoxy groups -OCH3 is 1. The van der Waals surface area contributed by atoms with Gasteiger partial charge in [0.25, 0.3) is 0 Å². The molecule has 1 atom stereocenters. The molecule has 0 radical (unpaired) electrons. The predicted molar refractivity (Wildman–Crippen MR) is 85.7 cm³/mol. The van der Waals surface area contributed by atoms with Crippen molar-refractivity contribution in [1.82, 2.24) is 4.98 Å². The topological polar surface area (TPSA) is 28.0 Å². The molecule has 1 N–H and O–H groups in total. The third-order valence-corrected chi connectivity index (χ3v) is 5.20. The third kappa shape index (κ3) is 1.90. The monoisotopic (exact) mass is 283 g/mol. The highest BCUT2D eigenvalue weighted by Gasteiger charge is 2.36. The first-order chi connectivity index (χ1) is 10.3. The molecule has 110 valence electrons. The molecule has 2 aromatic rings. The van der Waals surface area contributed by atoms with Gasteiger partial charge >= 0.3 is 0 Å². The van der Waals surface area contributed by atoms with Crippen LogP contribution in [0.3, 0.4) is 0 Å². The maximum Gasteiger partial charge on any atom is 0.203 e. The van der Waals surface area contributed by atoms with Gasteiger partial charge in [-0.05, 0) is 30.5 Å². The van der Waals surface area contributed by atoms with Gasteiger partial charge in [-0.1, -0.05) is 6.92 Å². The van der Waals surface area contributed by atoms with Crippen molar-refractivity contribution >= 4 is 16.6 Å². The molecule has 1 aromatic heterocycles. The summed E-state index contributed by atoms with van der Waals surface area (Å²) in [7, 11) is 1.73. The summed E-state index contributed by atoms with van der Waals surface area (Å²) in [5.41, 5.74) is 5.70. The number of benzene rings is 1. The number of nitrogens with zero attached hydrogens (tertiary/aromatic N) is 1. The lowest BCUT2D eigenvalue weighted by atomic mass is 9.85. The van der Waals surface area contributed by atoms with Crippen molar-refractivity contribution in [3.8, 4) is 5.75 Å². The molecule has 0 bridgehead atoms. The van der Waals surface area contributed by atoms with Crippen LogP contribution in [0.5, 0.6) is 5.75 Å². The van der Waals surface area contributed by atoms with Crippen molar-refractivity contribution in [2.24, 2.45) is 5.92 Å². The number of hydrogen-bond acceptors (Lipinski definition) is 1. The number of hydrogen-bond donors (Lipinski definition) is 1. The molecular formula is C18H23N2O+. The molecular weight excluding hydrogens is 260 g/mol. The van der Waals surface area contributed by atoms with E-state index >= 15 is 0 Å². The second-order valence-electron chi connectivity index (χ2n) is 6.26. The van der Waals surface area contributed by atoms with Gasteiger partial charge in [0.05, 0.1) is 7.11 Å². The molecule has 0 amide bonds. The zero-order valence-electron chi connectivity index (χ0n) is 12.9. The van der Waals surface area contributed by atoms with Gasteiger partial charge in [0.1, 0.15) is 24.5 Å². The molecule has 3 heteroatoms. The molecule has 0 fully saturated rings. The summed E-state index contributed by atoms with van der Waals surface area (Å²) in [6.45, 7) is 4.73. The fourth-order valence-corrected chi connectivity index (χ4v) is 4.12. The summed E-state index contributed by atoms with van der Waals surface area (Å²) < 4.78 is 7.98. The Kier molecular flexibility index (Phi) is 3.02. The van der Waals surface area contributed by atoms with E-state index in [1.165, 1.54) is 54.5 Å². The average Bonchev–Trinajstić information content (AvgIpc) is 2.91. The van der Waals surface area contributed by atoms with Gasteiger partial charge < -0.3 is 9.72 Å². The van der Waals surface area contributed by atoms with Gasteiger partial charge in [-0.15, -0.1) is 0 Å². The lowest BCUT2D eigenvalue weighted by Gasteiger charge is -2.25. The molecule has 4 rings (SSSR count).